The van der Waals surface area contributed by atoms with Gasteiger partial charge in [-0.2, -0.15) is 10.5 Å². The third-order valence-corrected chi connectivity index (χ3v) is 3.85. The van der Waals surface area contributed by atoms with Crippen LogP contribution in [0.15, 0.2) is 9.81 Å². The number of esters is 1. The second-order valence-corrected chi connectivity index (χ2v) is 5.32. The van der Waals surface area contributed by atoms with E-state index in [0.29, 0.717) is 16.4 Å². The van der Waals surface area contributed by atoms with E-state index in [4.69, 9.17) is 15.3 Å². The summed E-state index contributed by atoms with van der Waals surface area (Å²) in [5.41, 5.74) is 0.0432. The molecule has 92 valence electrons. The number of thioether (sulfide) groups is 2. The molecule has 0 atom stereocenters. The highest BCUT2D eigenvalue weighted by atomic mass is 32.2. The van der Waals surface area contributed by atoms with Crippen LogP contribution in [-0.2, 0) is 9.53 Å². The van der Waals surface area contributed by atoms with Gasteiger partial charge in [-0.25, -0.2) is 4.79 Å². The standard InChI is InChI=1S/C11H14N2O2S2/c1-3-15-10(14)9(8-13)11(16-4-2)17-7-5-6-12/h3-5,7H2,1-2H3. The van der Waals surface area contributed by atoms with Gasteiger partial charge in [0.25, 0.3) is 0 Å². The van der Waals surface area contributed by atoms with Gasteiger partial charge in [0.2, 0.25) is 0 Å². The van der Waals surface area contributed by atoms with Crippen LogP contribution in [0.25, 0.3) is 0 Å². The third-order valence-electron chi connectivity index (χ3n) is 1.52. The van der Waals surface area contributed by atoms with Crippen molar-refractivity contribution in [2.24, 2.45) is 0 Å². The summed E-state index contributed by atoms with van der Waals surface area (Å²) in [6, 6.07) is 3.90. The van der Waals surface area contributed by atoms with Crippen molar-refractivity contribution in [3.8, 4) is 12.1 Å². The fraction of sp³-hybridized carbons (Fsp3) is 0.545. The van der Waals surface area contributed by atoms with Gasteiger partial charge in [0, 0.05) is 12.2 Å². The number of hydrogen-bond acceptors (Lipinski definition) is 6. The van der Waals surface area contributed by atoms with Crippen molar-refractivity contribution in [2.75, 3.05) is 18.1 Å². The van der Waals surface area contributed by atoms with Gasteiger partial charge >= 0.3 is 5.97 Å². The summed E-state index contributed by atoms with van der Waals surface area (Å²) in [4.78, 5) is 11.5. The lowest BCUT2D eigenvalue weighted by atomic mass is 10.3. The summed E-state index contributed by atoms with van der Waals surface area (Å²) in [6.45, 7) is 3.88. The van der Waals surface area contributed by atoms with Gasteiger partial charge in [0.15, 0.2) is 5.57 Å². The first-order chi connectivity index (χ1) is 8.21. The van der Waals surface area contributed by atoms with Crippen LogP contribution < -0.4 is 0 Å². The van der Waals surface area contributed by atoms with Crippen molar-refractivity contribution in [1.29, 1.82) is 10.5 Å². The van der Waals surface area contributed by atoms with Gasteiger partial charge < -0.3 is 4.74 Å². The molecular formula is C11H14N2O2S2. The molecule has 17 heavy (non-hydrogen) atoms. The van der Waals surface area contributed by atoms with Crippen molar-refractivity contribution >= 4 is 29.5 Å². The Bertz CT molecular complexity index is 367. The highest BCUT2D eigenvalue weighted by molar-refractivity contribution is 8.22. The maximum atomic E-state index is 11.5. The molecule has 0 aliphatic heterocycles. The molecule has 4 nitrogen and oxygen atoms in total. The summed E-state index contributed by atoms with van der Waals surface area (Å²) >= 11 is 2.78. The number of ether oxygens (including phenoxy) is 1. The van der Waals surface area contributed by atoms with Crippen LogP contribution in [0.2, 0.25) is 0 Å². The molecule has 0 aromatic heterocycles. The number of hydrogen-bond donors (Lipinski definition) is 0. The van der Waals surface area contributed by atoms with Crippen LogP contribution >= 0.6 is 23.5 Å². The van der Waals surface area contributed by atoms with E-state index in [2.05, 4.69) is 0 Å². The van der Waals surface area contributed by atoms with Crippen molar-refractivity contribution in [3.05, 3.63) is 9.81 Å². The van der Waals surface area contributed by atoms with E-state index < -0.39 is 5.97 Å². The smallest absolute Gasteiger partial charge is 0.350 e. The van der Waals surface area contributed by atoms with Crippen LogP contribution in [0.3, 0.4) is 0 Å². The number of nitriles is 2. The van der Waals surface area contributed by atoms with Gasteiger partial charge in [-0.3, -0.25) is 0 Å². The van der Waals surface area contributed by atoms with E-state index in [9.17, 15) is 4.79 Å². The Morgan fingerprint density at radius 2 is 2.00 bits per heavy atom. The Balaban J connectivity index is 4.84. The van der Waals surface area contributed by atoms with Crippen molar-refractivity contribution < 1.29 is 9.53 Å². The average Bonchev–Trinajstić information content (AvgIpc) is 2.30. The number of carbonyl (C=O) groups excluding carboxylic acids is 1. The first-order valence-corrected chi connectivity index (χ1v) is 7.12. The fourth-order valence-electron chi connectivity index (χ4n) is 0.884. The molecule has 0 rings (SSSR count). The molecule has 0 aliphatic carbocycles. The maximum Gasteiger partial charge on any atom is 0.350 e. The highest BCUT2D eigenvalue weighted by Crippen LogP contribution is 2.32. The second kappa shape index (κ2) is 10.1. The summed E-state index contributed by atoms with van der Waals surface area (Å²) in [5, 5.41) is 17.4. The Morgan fingerprint density at radius 1 is 1.29 bits per heavy atom. The average molecular weight is 270 g/mol. The predicted molar refractivity (Wildman–Crippen MR) is 70.1 cm³/mol. The van der Waals surface area contributed by atoms with Gasteiger partial charge in [-0.05, 0) is 12.7 Å². The monoisotopic (exact) mass is 270 g/mol. The molecule has 0 N–H and O–H groups in total. The zero-order chi connectivity index (χ0) is 13.1. The van der Waals surface area contributed by atoms with Crippen LogP contribution in [0.5, 0.6) is 0 Å². The minimum absolute atomic E-state index is 0.0432. The number of rotatable bonds is 7. The zero-order valence-electron chi connectivity index (χ0n) is 9.86. The quantitative estimate of drug-likeness (QED) is 0.306. The van der Waals surface area contributed by atoms with Crippen molar-refractivity contribution in [2.45, 2.75) is 20.3 Å². The molecule has 0 bridgehead atoms. The Kier molecular flexibility index (Phi) is 9.41. The van der Waals surface area contributed by atoms with E-state index in [0.717, 1.165) is 5.75 Å². The van der Waals surface area contributed by atoms with Crippen LogP contribution in [0, 0.1) is 22.7 Å². The van der Waals surface area contributed by atoms with E-state index in [1.165, 1.54) is 23.5 Å². The lowest BCUT2D eigenvalue weighted by Crippen LogP contribution is -2.07. The van der Waals surface area contributed by atoms with Crippen LogP contribution in [0.1, 0.15) is 20.3 Å². The molecule has 0 saturated carbocycles. The van der Waals surface area contributed by atoms with Gasteiger partial charge in [-0.1, -0.05) is 6.92 Å². The normalized spacial score (nSPS) is 11.1. The lowest BCUT2D eigenvalue weighted by molar-refractivity contribution is -0.138. The first kappa shape index (κ1) is 15.9. The minimum Gasteiger partial charge on any atom is -0.462 e. The molecule has 0 aromatic carbocycles. The molecule has 0 radical (unpaired) electrons. The highest BCUT2D eigenvalue weighted by Gasteiger charge is 2.17. The predicted octanol–water partition coefficient (Wildman–Crippen LogP) is 2.68. The Labute approximate surface area is 110 Å². The van der Waals surface area contributed by atoms with Gasteiger partial charge in [0.1, 0.15) is 6.07 Å². The molecule has 0 spiro atoms. The first-order valence-electron chi connectivity index (χ1n) is 5.15. The van der Waals surface area contributed by atoms with Crippen LogP contribution in [-0.4, -0.2) is 24.1 Å². The van der Waals surface area contributed by atoms with E-state index >= 15 is 0 Å². The fourth-order valence-corrected chi connectivity index (χ4v) is 3.01. The summed E-state index contributed by atoms with van der Waals surface area (Å²) in [7, 11) is 0. The third kappa shape index (κ3) is 6.25. The summed E-state index contributed by atoms with van der Waals surface area (Å²) in [6.07, 6.45) is 0.389. The Morgan fingerprint density at radius 3 is 2.47 bits per heavy atom. The van der Waals surface area contributed by atoms with Gasteiger partial charge in [0.05, 0.1) is 16.9 Å². The van der Waals surface area contributed by atoms with Crippen LogP contribution in [0.4, 0.5) is 0 Å². The molecule has 0 unspecified atom stereocenters. The minimum atomic E-state index is -0.588. The molecule has 0 fully saturated rings. The molecule has 0 aliphatic rings. The summed E-state index contributed by atoms with van der Waals surface area (Å²) in [5.74, 6) is 0.749. The number of carbonyl (C=O) groups is 1. The SMILES string of the molecule is CCOC(=O)C(C#N)=C(SCC)SCCC#N. The van der Waals surface area contributed by atoms with E-state index in [1.54, 1.807) is 6.92 Å². The van der Waals surface area contributed by atoms with Crippen molar-refractivity contribution in [1.82, 2.24) is 0 Å². The number of nitrogens with zero attached hydrogens (tertiary/aromatic N) is 2. The molecular weight excluding hydrogens is 256 g/mol. The Hall–Kier alpha value is -1.11. The van der Waals surface area contributed by atoms with E-state index in [-0.39, 0.29) is 12.2 Å². The maximum absolute atomic E-state index is 11.5. The second-order valence-electron chi connectivity index (χ2n) is 2.68. The molecule has 6 heteroatoms. The zero-order valence-corrected chi connectivity index (χ0v) is 11.5. The molecule has 0 heterocycles. The van der Waals surface area contributed by atoms with Gasteiger partial charge in [-0.15, -0.1) is 23.5 Å². The van der Waals surface area contributed by atoms with E-state index in [1.807, 2.05) is 19.1 Å². The van der Waals surface area contributed by atoms with Crippen molar-refractivity contribution in [3.63, 3.8) is 0 Å². The summed E-state index contributed by atoms with van der Waals surface area (Å²) < 4.78 is 5.46. The topological polar surface area (TPSA) is 73.9 Å². The largest absolute Gasteiger partial charge is 0.462 e. The molecule has 0 amide bonds. The molecule has 0 saturated heterocycles. The molecule has 0 aromatic rings. The lowest BCUT2D eigenvalue weighted by Gasteiger charge is -2.07.